The van der Waals surface area contributed by atoms with Crippen LogP contribution in [0.15, 0.2) is 0 Å². The van der Waals surface area contributed by atoms with Crippen molar-refractivity contribution < 1.29 is 9.47 Å². The summed E-state index contributed by atoms with van der Waals surface area (Å²) < 4.78 is 10.9. The van der Waals surface area contributed by atoms with Crippen molar-refractivity contribution in [3.8, 4) is 0 Å². The highest BCUT2D eigenvalue weighted by molar-refractivity contribution is 4.88. The first-order valence-corrected chi connectivity index (χ1v) is 5.17. The van der Waals surface area contributed by atoms with Crippen LogP contribution >= 0.6 is 0 Å². The lowest BCUT2D eigenvalue weighted by Crippen LogP contribution is -2.42. The van der Waals surface area contributed by atoms with Gasteiger partial charge in [-0.3, -0.25) is 4.90 Å². The van der Waals surface area contributed by atoms with Crippen LogP contribution in [0, 0.1) is 0 Å². The van der Waals surface area contributed by atoms with E-state index >= 15 is 0 Å². The van der Waals surface area contributed by atoms with E-state index in [2.05, 4.69) is 18.7 Å². The first kappa shape index (κ1) is 9.44. The van der Waals surface area contributed by atoms with Crippen LogP contribution in [-0.2, 0) is 9.47 Å². The van der Waals surface area contributed by atoms with Gasteiger partial charge in [0.15, 0.2) is 6.29 Å². The minimum absolute atomic E-state index is 0.0253. The van der Waals surface area contributed by atoms with Gasteiger partial charge >= 0.3 is 0 Å². The quantitative estimate of drug-likeness (QED) is 0.646. The molecule has 76 valence electrons. The second-order valence-electron chi connectivity index (χ2n) is 4.53. The van der Waals surface area contributed by atoms with Crippen molar-refractivity contribution in [1.82, 2.24) is 4.90 Å². The van der Waals surface area contributed by atoms with Crippen molar-refractivity contribution in [2.45, 2.75) is 38.5 Å². The highest BCUT2D eigenvalue weighted by atomic mass is 16.7. The fourth-order valence-corrected chi connectivity index (χ4v) is 2.19. The fraction of sp³-hybridized carbons (Fsp3) is 1.00. The third-order valence-electron chi connectivity index (χ3n) is 3.13. The molecule has 2 saturated heterocycles. The van der Waals surface area contributed by atoms with Crippen LogP contribution in [0.1, 0.15) is 26.7 Å². The Labute approximate surface area is 80.0 Å². The average Bonchev–Trinajstić information content (AvgIpc) is 2.63. The molecule has 2 heterocycles. The predicted molar refractivity (Wildman–Crippen MR) is 50.6 cm³/mol. The maximum Gasteiger partial charge on any atom is 0.170 e. The molecule has 0 radical (unpaired) electrons. The highest BCUT2D eigenvalue weighted by Gasteiger charge is 2.34. The van der Waals surface area contributed by atoms with E-state index in [9.17, 15) is 0 Å². The van der Waals surface area contributed by atoms with Gasteiger partial charge in [-0.25, -0.2) is 0 Å². The second-order valence-corrected chi connectivity index (χ2v) is 4.53. The van der Waals surface area contributed by atoms with Crippen LogP contribution in [-0.4, -0.2) is 43.0 Å². The average molecular weight is 185 g/mol. The topological polar surface area (TPSA) is 21.7 Å². The summed E-state index contributed by atoms with van der Waals surface area (Å²) in [6.45, 7) is 8.25. The summed E-state index contributed by atoms with van der Waals surface area (Å²) in [6, 6.07) is 0. The molecule has 2 aliphatic rings. The molecule has 0 amide bonds. The molecule has 0 atom stereocenters. The van der Waals surface area contributed by atoms with Crippen LogP contribution < -0.4 is 0 Å². The zero-order valence-corrected chi connectivity index (χ0v) is 8.58. The molecule has 2 fully saturated rings. The van der Waals surface area contributed by atoms with Crippen LogP contribution in [0.2, 0.25) is 0 Å². The molecule has 13 heavy (non-hydrogen) atoms. The Morgan fingerprint density at radius 1 is 1.31 bits per heavy atom. The van der Waals surface area contributed by atoms with E-state index in [4.69, 9.17) is 9.47 Å². The largest absolute Gasteiger partial charge is 0.349 e. The van der Waals surface area contributed by atoms with Crippen molar-refractivity contribution in [2.24, 2.45) is 0 Å². The molecule has 0 saturated carbocycles. The lowest BCUT2D eigenvalue weighted by molar-refractivity contribution is -0.0707. The molecule has 0 aromatic rings. The molecule has 0 bridgehead atoms. The molecule has 3 nitrogen and oxygen atoms in total. The summed E-state index contributed by atoms with van der Waals surface area (Å²) in [7, 11) is 0. The van der Waals surface area contributed by atoms with Gasteiger partial charge in [0.25, 0.3) is 0 Å². The Balaban J connectivity index is 1.86. The molecular weight excluding hydrogens is 166 g/mol. The van der Waals surface area contributed by atoms with E-state index in [-0.39, 0.29) is 6.29 Å². The Hall–Kier alpha value is -0.120. The SMILES string of the molecule is CC1(C)CCCN1CC1OCCO1. The van der Waals surface area contributed by atoms with E-state index in [1.807, 2.05) is 0 Å². The normalized spacial score (nSPS) is 30.0. The van der Waals surface area contributed by atoms with Crippen molar-refractivity contribution >= 4 is 0 Å². The lowest BCUT2D eigenvalue weighted by atomic mass is 10.0. The standard InChI is InChI=1S/C10H19NO2/c1-10(2)4-3-5-11(10)8-9-12-6-7-13-9/h9H,3-8H2,1-2H3. The van der Waals surface area contributed by atoms with E-state index in [0.29, 0.717) is 5.54 Å². The van der Waals surface area contributed by atoms with Crippen LogP contribution in [0.5, 0.6) is 0 Å². The molecule has 0 spiro atoms. The maximum atomic E-state index is 5.44. The first-order valence-electron chi connectivity index (χ1n) is 5.17. The Kier molecular flexibility index (Phi) is 2.58. The Morgan fingerprint density at radius 2 is 2.00 bits per heavy atom. The van der Waals surface area contributed by atoms with Crippen molar-refractivity contribution in [2.75, 3.05) is 26.3 Å². The molecule has 2 aliphatic heterocycles. The Morgan fingerprint density at radius 3 is 2.54 bits per heavy atom. The number of rotatable bonds is 2. The fourth-order valence-electron chi connectivity index (χ4n) is 2.19. The molecule has 3 heteroatoms. The number of ether oxygens (including phenoxy) is 2. The third kappa shape index (κ3) is 2.03. The van der Waals surface area contributed by atoms with E-state index in [0.717, 1.165) is 19.8 Å². The molecule has 0 aromatic carbocycles. The zero-order valence-electron chi connectivity index (χ0n) is 8.58. The lowest BCUT2D eigenvalue weighted by Gasteiger charge is -2.32. The van der Waals surface area contributed by atoms with Gasteiger partial charge in [-0.1, -0.05) is 0 Å². The smallest absolute Gasteiger partial charge is 0.170 e. The summed E-state index contributed by atoms with van der Waals surface area (Å²) in [5.41, 5.74) is 0.343. The molecule has 2 rings (SSSR count). The first-order chi connectivity index (χ1) is 6.18. The predicted octanol–water partition coefficient (Wildman–Crippen LogP) is 1.23. The van der Waals surface area contributed by atoms with E-state index in [1.165, 1.54) is 19.4 Å². The zero-order chi connectivity index (χ0) is 9.31. The minimum atomic E-state index is 0.0253. The van der Waals surface area contributed by atoms with Gasteiger partial charge in [-0.15, -0.1) is 0 Å². The van der Waals surface area contributed by atoms with Crippen molar-refractivity contribution in [3.63, 3.8) is 0 Å². The maximum absolute atomic E-state index is 5.44. The Bertz CT molecular complexity index is 176. The van der Waals surface area contributed by atoms with Gasteiger partial charge in [-0.2, -0.15) is 0 Å². The van der Waals surface area contributed by atoms with Gasteiger partial charge in [-0.05, 0) is 33.2 Å². The molecule has 0 N–H and O–H groups in total. The van der Waals surface area contributed by atoms with E-state index < -0.39 is 0 Å². The van der Waals surface area contributed by atoms with Crippen molar-refractivity contribution in [3.05, 3.63) is 0 Å². The number of hydrogen-bond donors (Lipinski definition) is 0. The number of likely N-dealkylation sites (tertiary alicyclic amines) is 1. The molecule has 0 aromatic heterocycles. The number of hydrogen-bond acceptors (Lipinski definition) is 3. The van der Waals surface area contributed by atoms with Crippen LogP contribution in [0.25, 0.3) is 0 Å². The van der Waals surface area contributed by atoms with Gasteiger partial charge < -0.3 is 9.47 Å². The monoisotopic (exact) mass is 185 g/mol. The van der Waals surface area contributed by atoms with E-state index in [1.54, 1.807) is 0 Å². The van der Waals surface area contributed by atoms with Gasteiger partial charge in [0.05, 0.1) is 19.8 Å². The summed E-state index contributed by atoms with van der Waals surface area (Å²) in [5.74, 6) is 0. The molecule has 0 aliphatic carbocycles. The molecule has 0 unspecified atom stereocenters. The van der Waals surface area contributed by atoms with Crippen LogP contribution in [0.4, 0.5) is 0 Å². The minimum Gasteiger partial charge on any atom is -0.349 e. The summed E-state index contributed by atoms with van der Waals surface area (Å²) in [5, 5.41) is 0. The summed E-state index contributed by atoms with van der Waals surface area (Å²) >= 11 is 0. The summed E-state index contributed by atoms with van der Waals surface area (Å²) in [4.78, 5) is 2.48. The summed E-state index contributed by atoms with van der Waals surface area (Å²) in [6.07, 6.45) is 2.62. The van der Waals surface area contributed by atoms with Crippen molar-refractivity contribution in [1.29, 1.82) is 0 Å². The van der Waals surface area contributed by atoms with Gasteiger partial charge in [0, 0.05) is 5.54 Å². The van der Waals surface area contributed by atoms with Gasteiger partial charge in [0.1, 0.15) is 0 Å². The molecular formula is C10H19NO2. The second kappa shape index (κ2) is 3.56. The van der Waals surface area contributed by atoms with Gasteiger partial charge in [0.2, 0.25) is 0 Å². The van der Waals surface area contributed by atoms with Crippen LogP contribution in [0.3, 0.4) is 0 Å². The third-order valence-corrected chi connectivity index (χ3v) is 3.13. The number of nitrogens with zero attached hydrogens (tertiary/aromatic N) is 1. The highest BCUT2D eigenvalue weighted by Crippen LogP contribution is 2.28.